The Balaban J connectivity index is 1.53. The van der Waals surface area contributed by atoms with Gasteiger partial charge in [0, 0.05) is 25.8 Å². The van der Waals surface area contributed by atoms with Gasteiger partial charge in [0.1, 0.15) is 6.61 Å². The molecule has 2 aliphatic heterocycles. The van der Waals surface area contributed by atoms with E-state index in [0.717, 1.165) is 63.1 Å². The van der Waals surface area contributed by atoms with Gasteiger partial charge in [-0.15, -0.1) is 10.2 Å². The zero-order valence-corrected chi connectivity index (χ0v) is 18.6. The lowest BCUT2D eigenvalue weighted by Crippen LogP contribution is -2.54. The minimum absolute atomic E-state index is 0.0326. The van der Waals surface area contributed by atoms with E-state index < -0.39 is 6.09 Å². The predicted molar refractivity (Wildman–Crippen MR) is 119 cm³/mol. The van der Waals surface area contributed by atoms with Gasteiger partial charge in [0.05, 0.1) is 6.04 Å². The van der Waals surface area contributed by atoms with Gasteiger partial charge in [-0.3, -0.25) is 9.80 Å². The number of carbonyl (C=O) groups excluding carboxylic acids is 1. The van der Waals surface area contributed by atoms with Crippen molar-refractivity contribution in [3.8, 4) is 0 Å². The summed E-state index contributed by atoms with van der Waals surface area (Å²) in [6.07, 6.45) is 3.57. The third-order valence-electron chi connectivity index (χ3n) is 6.06. The van der Waals surface area contributed by atoms with Crippen LogP contribution in [0.15, 0.2) is 36.4 Å². The Bertz CT molecular complexity index is 876. The molecule has 2 fully saturated rings. The largest absolute Gasteiger partial charge is 0.444 e. The molecule has 2 aromatic rings. The molecule has 7 nitrogen and oxygen atoms in total. The van der Waals surface area contributed by atoms with Crippen molar-refractivity contribution in [2.24, 2.45) is 0 Å². The lowest BCUT2D eigenvalue weighted by atomic mass is 9.99. The summed E-state index contributed by atoms with van der Waals surface area (Å²) in [5, 5.41) is 8.61. The van der Waals surface area contributed by atoms with Gasteiger partial charge in [-0.05, 0) is 56.3 Å². The van der Waals surface area contributed by atoms with E-state index in [2.05, 4.69) is 15.1 Å². The Labute approximate surface area is 188 Å². The molecule has 8 heteroatoms. The Morgan fingerprint density at radius 3 is 2.74 bits per heavy atom. The summed E-state index contributed by atoms with van der Waals surface area (Å²) in [7, 11) is 0. The van der Waals surface area contributed by atoms with Gasteiger partial charge in [0.15, 0.2) is 11.0 Å². The lowest BCUT2D eigenvalue weighted by molar-refractivity contribution is 0.0235. The maximum absolute atomic E-state index is 13.3. The van der Waals surface area contributed by atoms with E-state index in [0.29, 0.717) is 17.0 Å². The first kappa shape index (κ1) is 22.0. The first-order valence-corrected chi connectivity index (χ1v) is 11.3. The number of aromatic nitrogens is 2. The van der Waals surface area contributed by atoms with Crippen LogP contribution in [-0.4, -0.2) is 59.6 Å². The number of aryl methyl sites for hydroxylation is 1. The summed E-state index contributed by atoms with van der Waals surface area (Å²) in [4.78, 5) is 17.4. The molecule has 0 unspecified atom stereocenters. The molecule has 0 saturated carbocycles. The molecule has 4 rings (SSSR count). The highest BCUT2D eigenvalue weighted by molar-refractivity contribution is 6.30. The number of rotatable bonds is 5. The van der Waals surface area contributed by atoms with Crippen LogP contribution in [0.3, 0.4) is 0 Å². The summed E-state index contributed by atoms with van der Waals surface area (Å²) < 4.78 is 11.2. The highest BCUT2D eigenvalue weighted by Gasteiger charge is 2.35. The van der Waals surface area contributed by atoms with Gasteiger partial charge in [-0.25, -0.2) is 4.79 Å². The molecule has 2 saturated heterocycles. The third-order valence-corrected chi connectivity index (χ3v) is 6.43. The summed E-state index contributed by atoms with van der Waals surface area (Å²) >= 11 is 6.09. The van der Waals surface area contributed by atoms with Crippen LogP contribution in [0, 0.1) is 6.92 Å². The molecule has 3 heterocycles. The number of likely N-dealkylation sites (tertiary alicyclic amines) is 1. The van der Waals surface area contributed by atoms with Gasteiger partial charge < -0.3 is 9.47 Å². The van der Waals surface area contributed by atoms with E-state index in [1.165, 1.54) is 0 Å². The maximum Gasteiger partial charge on any atom is 0.416 e. The van der Waals surface area contributed by atoms with Gasteiger partial charge in [-0.2, -0.15) is 0 Å². The molecule has 1 aromatic heterocycles. The van der Waals surface area contributed by atoms with Gasteiger partial charge in [-0.1, -0.05) is 41.9 Å². The molecule has 1 amide bonds. The van der Waals surface area contributed by atoms with Crippen molar-refractivity contribution in [2.45, 2.75) is 51.3 Å². The SMILES string of the molecule is Cc1cc(N(C(=O)OCc2ccccc2)[C@@H]2CCCN(C3CCOCC3)C2)nnc1Cl. The molecule has 0 bridgehead atoms. The smallest absolute Gasteiger partial charge is 0.416 e. The van der Waals surface area contributed by atoms with Crippen molar-refractivity contribution >= 4 is 23.5 Å². The number of hydrogen-bond donors (Lipinski definition) is 0. The molecule has 0 radical (unpaired) electrons. The molecule has 0 N–H and O–H groups in total. The molecule has 0 spiro atoms. The average Bonchev–Trinajstić information content (AvgIpc) is 2.82. The molecule has 0 aliphatic carbocycles. The van der Waals surface area contributed by atoms with E-state index in [1.807, 2.05) is 43.3 Å². The van der Waals surface area contributed by atoms with E-state index in [9.17, 15) is 4.79 Å². The lowest BCUT2D eigenvalue weighted by Gasteiger charge is -2.42. The Morgan fingerprint density at radius 2 is 2.00 bits per heavy atom. The van der Waals surface area contributed by atoms with Crippen LogP contribution in [0.1, 0.15) is 36.8 Å². The van der Waals surface area contributed by atoms with Crippen LogP contribution in [0.25, 0.3) is 0 Å². The molecule has 31 heavy (non-hydrogen) atoms. The Kier molecular flexibility index (Phi) is 7.37. The molecule has 166 valence electrons. The van der Waals surface area contributed by atoms with Crippen molar-refractivity contribution < 1.29 is 14.3 Å². The molecular formula is C23H29ClN4O3. The van der Waals surface area contributed by atoms with Crippen LogP contribution in [0.4, 0.5) is 10.6 Å². The summed E-state index contributed by atoms with van der Waals surface area (Å²) in [5.74, 6) is 0.485. The number of anilines is 1. The fourth-order valence-corrected chi connectivity index (χ4v) is 4.46. The number of benzene rings is 1. The van der Waals surface area contributed by atoms with E-state index >= 15 is 0 Å². The van der Waals surface area contributed by atoms with Crippen LogP contribution in [0.5, 0.6) is 0 Å². The quantitative estimate of drug-likeness (QED) is 0.687. The number of halogens is 1. The standard InChI is InChI=1S/C23H29ClN4O3/c1-17-14-21(25-26-22(17)24)28(23(29)31-16-18-6-3-2-4-7-18)20-8-5-11-27(15-20)19-9-12-30-13-10-19/h2-4,6-7,14,19-20H,5,8-13,15-16H2,1H3/t20-/m1/s1. The van der Waals surface area contributed by atoms with E-state index in [-0.39, 0.29) is 12.6 Å². The number of carbonyl (C=O) groups is 1. The monoisotopic (exact) mass is 444 g/mol. The molecular weight excluding hydrogens is 416 g/mol. The van der Waals surface area contributed by atoms with Crippen molar-refractivity contribution in [3.63, 3.8) is 0 Å². The van der Waals surface area contributed by atoms with Gasteiger partial charge in [0.2, 0.25) is 0 Å². The van der Waals surface area contributed by atoms with E-state index in [1.54, 1.807) is 4.90 Å². The first-order chi connectivity index (χ1) is 15.1. The van der Waals surface area contributed by atoms with Crippen LogP contribution < -0.4 is 4.90 Å². The number of piperidine rings is 1. The minimum Gasteiger partial charge on any atom is -0.444 e. The van der Waals surface area contributed by atoms with Gasteiger partial charge in [0.25, 0.3) is 0 Å². The number of hydrogen-bond acceptors (Lipinski definition) is 6. The Morgan fingerprint density at radius 1 is 1.23 bits per heavy atom. The van der Waals surface area contributed by atoms with Crippen molar-refractivity contribution in [3.05, 3.63) is 52.7 Å². The molecule has 2 aliphatic rings. The maximum atomic E-state index is 13.3. The van der Waals surface area contributed by atoms with E-state index in [4.69, 9.17) is 21.1 Å². The molecule has 1 aromatic carbocycles. The van der Waals surface area contributed by atoms with Crippen LogP contribution >= 0.6 is 11.6 Å². The number of ether oxygens (including phenoxy) is 2. The number of nitrogens with zero attached hydrogens (tertiary/aromatic N) is 4. The van der Waals surface area contributed by atoms with Crippen molar-refractivity contribution in [2.75, 3.05) is 31.2 Å². The van der Waals surface area contributed by atoms with Gasteiger partial charge >= 0.3 is 6.09 Å². The summed E-state index contributed by atoms with van der Waals surface area (Å²) in [6, 6.07) is 12.0. The highest BCUT2D eigenvalue weighted by Crippen LogP contribution is 2.27. The van der Waals surface area contributed by atoms with Crippen molar-refractivity contribution in [1.82, 2.24) is 15.1 Å². The fourth-order valence-electron chi connectivity index (χ4n) is 4.37. The average molecular weight is 445 g/mol. The summed E-state index contributed by atoms with van der Waals surface area (Å²) in [6.45, 7) is 5.51. The highest BCUT2D eigenvalue weighted by atomic mass is 35.5. The van der Waals surface area contributed by atoms with Crippen molar-refractivity contribution in [1.29, 1.82) is 0 Å². The second-order valence-electron chi connectivity index (χ2n) is 8.22. The second kappa shape index (κ2) is 10.4. The third kappa shape index (κ3) is 5.53. The zero-order valence-electron chi connectivity index (χ0n) is 17.9. The minimum atomic E-state index is -0.404. The van der Waals surface area contributed by atoms with Crippen LogP contribution in [0.2, 0.25) is 5.15 Å². The predicted octanol–water partition coefficient (Wildman–Crippen LogP) is 4.23. The fraction of sp³-hybridized carbons (Fsp3) is 0.522. The number of amides is 1. The molecule has 1 atom stereocenters. The zero-order chi connectivity index (χ0) is 21.6. The second-order valence-corrected chi connectivity index (χ2v) is 8.58. The van der Waals surface area contributed by atoms with Crippen LogP contribution in [-0.2, 0) is 16.1 Å². The Hall–Kier alpha value is -2.22. The summed E-state index contributed by atoms with van der Waals surface area (Å²) in [5.41, 5.74) is 1.73. The normalized spacial score (nSPS) is 20.4. The topological polar surface area (TPSA) is 67.8 Å². The first-order valence-electron chi connectivity index (χ1n) is 10.9.